The van der Waals surface area contributed by atoms with Gasteiger partial charge in [0.1, 0.15) is 0 Å². The molecule has 0 bridgehead atoms. The van der Waals surface area contributed by atoms with Crippen molar-refractivity contribution in [2.24, 2.45) is 5.92 Å². The van der Waals surface area contributed by atoms with E-state index >= 15 is 0 Å². The lowest BCUT2D eigenvalue weighted by molar-refractivity contribution is -0.306. The molecule has 2 atom stereocenters. The summed E-state index contributed by atoms with van der Waals surface area (Å²) in [5, 5.41) is 20.2. The van der Waals surface area contributed by atoms with E-state index in [0.29, 0.717) is 6.42 Å². The number of carboxylic acids is 1. The van der Waals surface area contributed by atoms with Crippen molar-refractivity contribution < 1.29 is 9.90 Å². The Balaban J connectivity index is 2.30. The van der Waals surface area contributed by atoms with Gasteiger partial charge < -0.3 is 9.90 Å². The van der Waals surface area contributed by atoms with E-state index in [9.17, 15) is 15.2 Å². The molecular weight excluding hydrogens is 262 g/mol. The molecule has 106 valence electrons. The van der Waals surface area contributed by atoms with Crippen LogP contribution in [0.4, 0.5) is 0 Å². The lowest BCUT2D eigenvalue weighted by Gasteiger charge is -2.23. The van der Waals surface area contributed by atoms with E-state index in [1.807, 2.05) is 60.7 Å². The van der Waals surface area contributed by atoms with Gasteiger partial charge in [-0.15, -0.1) is 0 Å². The summed E-state index contributed by atoms with van der Waals surface area (Å²) < 4.78 is 0. The third-order valence-corrected chi connectivity index (χ3v) is 3.56. The molecule has 0 aliphatic heterocycles. The van der Waals surface area contributed by atoms with Crippen LogP contribution in [-0.4, -0.2) is 5.97 Å². The van der Waals surface area contributed by atoms with Crippen LogP contribution in [0.2, 0.25) is 0 Å². The van der Waals surface area contributed by atoms with Crippen LogP contribution in [0.1, 0.15) is 23.5 Å². The first-order valence-electron chi connectivity index (χ1n) is 6.89. The normalized spacial score (nSPS) is 13.1. The maximum Gasteiger partial charge on any atom is 0.0666 e. The van der Waals surface area contributed by atoms with Crippen LogP contribution in [0.3, 0.4) is 0 Å². The zero-order valence-corrected chi connectivity index (χ0v) is 11.6. The molecule has 0 saturated heterocycles. The predicted molar refractivity (Wildman–Crippen MR) is 78.1 cm³/mol. The topological polar surface area (TPSA) is 63.9 Å². The maximum absolute atomic E-state index is 10.9. The highest BCUT2D eigenvalue weighted by atomic mass is 16.4. The van der Waals surface area contributed by atoms with Crippen molar-refractivity contribution >= 4 is 5.97 Å². The van der Waals surface area contributed by atoms with Crippen molar-refractivity contribution in [3.8, 4) is 6.07 Å². The van der Waals surface area contributed by atoms with Crippen molar-refractivity contribution in [3.05, 3.63) is 71.8 Å². The molecule has 0 aliphatic carbocycles. The van der Waals surface area contributed by atoms with E-state index in [0.717, 1.165) is 11.1 Å². The van der Waals surface area contributed by atoms with Gasteiger partial charge in [0, 0.05) is 18.3 Å². The van der Waals surface area contributed by atoms with Crippen LogP contribution < -0.4 is 5.11 Å². The molecule has 0 saturated carbocycles. The summed E-state index contributed by atoms with van der Waals surface area (Å²) in [5.74, 6) is -1.94. The van der Waals surface area contributed by atoms with Crippen LogP contribution in [0.5, 0.6) is 0 Å². The number of carbonyl (C=O) groups excluding carboxylic acids is 1. The standard InChI is InChI=1S/C18H17NO2/c19-13-16(12-18(20)21)17(15-9-5-2-6-10-15)11-14-7-3-1-4-8-14/h1-10,16-17H,11-12H2,(H,20,21)/p-1/t16-,17+/m1/s1. The molecule has 2 rings (SSSR count). The van der Waals surface area contributed by atoms with E-state index in [1.165, 1.54) is 0 Å². The van der Waals surface area contributed by atoms with Crippen LogP contribution in [0.15, 0.2) is 60.7 Å². The average molecular weight is 278 g/mol. The molecule has 0 unspecified atom stereocenters. The molecule has 2 aromatic carbocycles. The highest BCUT2D eigenvalue weighted by Crippen LogP contribution is 2.30. The Kier molecular flexibility index (Phi) is 5.11. The first-order chi connectivity index (χ1) is 10.2. The van der Waals surface area contributed by atoms with Gasteiger partial charge in [-0.2, -0.15) is 5.26 Å². The van der Waals surface area contributed by atoms with Gasteiger partial charge in [-0.3, -0.25) is 0 Å². The summed E-state index contributed by atoms with van der Waals surface area (Å²) >= 11 is 0. The third-order valence-electron chi connectivity index (χ3n) is 3.56. The summed E-state index contributed by atoms with van der Waals surface area (Å²) in [6.45, 7) is 0. The average Bonchev–Trinajstić information content (AvgIpc) is 2.52. The Labute approximate surface area is 124 Å². The van der Waals surface area contributed by atoms with Gasteiger partial charge in [0.25, 0.3) is 0 Å². The highest BCUT2D eigenvalue weighted by Gasteiger charge is 2.23. The number of aliphatic carboxylic acids is 1. The van der Waals surface area contributed by atoms with Gasteiger partial charge in [-0.25, -0.2) is 0 Å². The summed E-state index contributed by atoms with van der Waals surface area (Å²) in [6.07, 6.45) is 0.388. The molecule has 2 aromatic rings. The zero-order chi connectivity index (χ0) is 15.1. The number of carbonyl (C=O) groups is 1. The van der Waals surface area contributed by atoms with E-state index in [2.05, 4.69) is 6.07 Å². The van der Waals surface area contributed by atoms with Crippen molar-refractivity contribution in [1.29, 1.82) is 5.26 Å². The number of carboxylic acid groups (broad SMARTS) is 1. The molecule has 0 spiro atoms. The summed E-state index contributed by atoms with van der Waals surface area (Å²) in [6, 6.07) is 21.5. The number of nitrogens with zero attached hydrogens (tertiary/aromatic N) is 1. The molecule has 0 radical (unpaired) electrons. The van der Waals surface area contributed by atoms with E-state index < -0.39 is 11.9 Å². The van der Waals surface area contributed by atoms with Crippen molar-refractivity contribution in [2.75, 3.05) is 0 Å². The first-order valence-corrected chi connectivity index (χ1v) is 6.89. The molecule has 0 aliphatic rings. The quantitative estimate of drug-likeness (QED) is 0.814. The Bertz CT molecular complexity index is 617. The third kappa shape index (κ3) is 4.19. The largest absolute Gasteiger partial charge is 0.550 e. The second kappa shape index (κ2) is 7.25. The maximum atomic E-state index is 10.9. The lowest BCUT2D eigenvalue weighted by atomic mass is 9.80. The summed E-state index contributed by atoms with van der Waals surface area (Å²) in [5.41, 5.74) is 2.07. The molecular formula is C18H16NO2-. The van der Waals surface area contributed by atoms with Gasteiger partial charge in [0.05, 0.1) is 12.0 Å². The van der Waals surface area contributed by atoms with Crippen molar-refractivity contribution in [3.63, 3.8) is 0 Å². The van der Waals surface area contributed by atoms with Crippen LogP contribution in [0, 0.1) is 17.2 Å². The molecule has 0 aromatic heterocycles. The molecule has 3 nitrogen and oxygen atoms in total. The second-order valence-electron chi connectivity index (χ2n) is 5.02. The number of hydrogen-bond donors (Lipinski definition) is 0. The minimum Gasteiger partial charge on any atom is -0.550 e. The highest BCUT2D eigenvalue weighted by molar-refractivity contribution is 5.65. The van der Waals surface area contributed by atoms with Crippen LogP contribution in [-0.2, 0) is 11.2 Å². The SMILES string of the molecule is N#C[C@@H](CC(=O)[O-])[C@@H](Cc1ccccc1)c1ccccc1. The number of rotatable bonds is 6. The van der Waals surface area contributed by atoms with Crippen LogP contribution >= 0.6 is 0 Å². The van der Waals surface area contributed by atoms with E-state index in [-0.39, 0.29) is 12.3 Å². The minimum atomic E-state index is -1.18. The van der Waals surface area contributed by atoms with Crippen molar-refractivity contribution in [2.45, 2.75) is 18.8 Å². The number of hydrogen-bond acceptors (Lipinski definition) is 3. The van der Waals surface area contributed by atoms with Gasteiger partial charge in [-0.05, 0) is 17.5 Å². The number of nitriles is 1. The summed E-state index contributed by atoms with van der Waals surface area (Å²) in [7, 11) is 0. The fourth-order valence-corrected chi connectivity index (χ4v) is 2.52. The number of benzene rings is 2. The Morgan fingerprint density at radius 3 is 2.14 bits per heavy atom. The molecule has 0 amide bonds. The summed E-state index contributed by atoms with van der Waals surface area (Å²) in [4.78, 5) is 10.9. The Morgan fingerprint density at radius 2 is 1.62 bits per heavy atom. The zero-order valence-electron chi connectivity index (χ0n) is 11.6. The van der Waals surface area contributed by atoms with Gasteiger partial charge >= 0.3 is 0 Å². The molecule has 21 heavy (non-hydrogen) atoms. The van der Waals surface area contributed by atoms with E-state index in [4.69, 9.17) is 0 Å². The van der Waals surface area contributed by atoms with Gasteiger partial charge in [-0.1, -0.05) is 60.7 Å². The van der Waals surface area contributed by atoms with Gasteiger partial charge in [0.2, 0.25) is 0 Å². The second-order valence-corrected chi connectivity index (χ2v) is 5.02. The van der Waals surface area contributed by atoms with Gasteiger partial charge in [0.15, 0.2) is 0 Å². The van der Waals surface area contributed by atoms with Crippen LogP contribution in [0.25, 0.3) is 0 Å². The van der Waals surface area contributed by atoms with E-state index in [1.54, 1.807) is 0 Å². The minimum absolute atomic E-state index is 0.156. The molecule has 0 heterocycles. The first kappa shape index (κ1) is 14.8. The molecule has 0 N–H and O–H groups in total. The van der Waals surface area contributed by atoms with Crippen molar-refractivity contribution in [1.82, 2.24) is 0 Å². The monoisotopic (exact) mass is 278 g/mol. The fourth-order valence-electron chi connectivity index (χ4n) is 2.52. The molecule has 0 fully saturated rings. The Hall–Kier alpha value is -2.60. The lowest BCUT2D eigenvalue weighted by Crippen LogP contribution is -2.27. The molecule has 3 heteroatoms. The predicted octanol–water partition coefficient (Wildman–Crippen LogP) is 2.29. The smallest absolute Gasteiger partial charge is 0.0666 e. The fraction of sp³-hybridized carbons (Fsp3) is 0.222. The Morgan fingerprint density at radius 1 is 1.05 bits per heavy atom.